The molecule has 0 aromatic carbocycles. The van der Waals surface area contributed by atoms with Gasteiger partial charge in [-0.1, -0.05) is 0 Å². The largest absolute Gasteiger partial charge is 0.394 e. The van der Waals surface area contributed by atoms with Crippen molar-refractivity contribution in [1.29, 1.82) is 0 Å². The van der Waals surface area contributed by atoms with Crippen LogP contribution in [0.15, 0.2) is 23.3 Å². The van der Waals surface area contributed by atoms with Crippen LogP contribution >= 0.6 is 0 Å². The Morgan fingerprint density at radius 1 is 1.47 bits per heavy atom. The Labute approximate surface area is 85.9 Å². The Hall–Kier alpha value is -2.11. The van der Waals surface area contributed by atoms with Crippen molar-refractivity contribution in [2.45, 2.75) is 6.92 Å². The van der Waals surface area contributed by atoms with Gasteiger partial charge in [0.1, 0.15) is 11.4 Å². The molecule has 2 heterocycles. The number of anilines is 1. The molecule has 0 radical (unpaired) electrons. The van der Waals surface area contributed by atoms with E-state index in [4.69, 9.17) is 5.73 Å². The lowest BCUT2D eigenvalue weighted by Crippen LogP contribution is -2.24. The highest BCUT2D eigenvalue weighted by Crippen LogP contribution is 2.03. The average molecular weight is 205 g/mol. The van der Waals surface area contributed by atoms with Crippen LogP contribution in [0, 0.1) is 6.92 Å². The van der Waals surface area contributed by atoms with Gasteiger partial charge in [-0.15, -0.1) is 0 Å². The molecule has 2 rings (SSSR count). The maximum Gasteiger partial charge on any atom is 0.294 e. The van der Waals surface area contributed by atoms with E-state index in [1.54, 1.807) is 37.1 Å². The molecule has 6 nitrogen and oxygen atoms in total. The Morgan fingerprint density at radius 3 is 2.80 bits per heavy atom. The van der Waals surface area contributed by atoms with Crippen molar-refractivity contribution in [3.05, 3.63) is 34.5 Å². The van der Waals surface area contributed by atoms with E-state index in [0.717, 1.165) is 0 Å². The highest BCUT2D eigenvalue weighted by Gasteiger charge is 2.06. The summed E-state index contributed by atoms with van der Waals surface area (Å²) < 4.78 is 2.85. The van der Waals surface area contributed by atoms with Crippen molar-refractivity contribution in [3.8, 4) is 5.69 Å². The summed E-state index contributed by atoms with van der Waals surface area (Å²) in [5, 5.41) is 8.06. The first-order valence-corrected chi connectivity index (χ1v) is 4.43. The van der Waals surface area contributed by atoms with Crippen LogP contribution in [0.25, 0.3) is 5.69 Å². The van der Waals surface area contributed by atoms with Crippen LogP contribution in [-0.2, 0) is 7.05 Å². The number of nitrogens with two attached hydrogens (primary N) is 1. The van der Waals surface area contributed by atoms with Gasteiger partial charge < -0.3 is 5.73 Å². The van der Waals surface area contributed by atoms with Gasteiger partial charge in [0.05, 0.1) is 18.1 Å². The molecule has 6 heteroatoms. The molecule has 0 spiro atoms. The lowest BCUT2D eigenvalue weighted by Gasteiger charge is -2.03. The van der Waals surface area contributed by atoms with Crippen LogP contribution in [0.1, 0.15) is 5.69 Å². The van der Waals surface area contributed by atoms with Crippen molar-refractivity contribution in [2.24, 2.45) is 7.05 Å². The second-order valence-electron chi connectivity index (χ2n) is 3.33. The summed E-state index contributed by atoms with van der Waals surface area (Å²) >= 11 is 0. The van der Waals surface area contributed by atoms with Crippen LogP contribution < -0.4 is 11.3 Å². The van der Waals surface area contributed by atoms with Crippen LogP contribution in [-0.4, -0.2) is 19.6 Å². The maximum absolute atomic E-state index is 11.7. The molecule has 0 saturated carbocycles. The quantitative estimate of drug-likeness (QED) is 0.702. The van der Waals surface area contributed by atoms with E-state index in [1.165, 1.54) is 4.68 Å². The number of hydrogen-bond acceptors (Lipinski definition) is 4. The van der Waals surface area contributed by atoms with E-state index in [-0.39, 0.29) is 11.2 Å². The van der Waals surface area contributed by atoms with Gasteiger partial charge in [-0.3, -0.25) is 9.48 Å². The smallest absolute Gasteiger partial charge is 0.294 e. The van der Waals surface area contributed by atoms with Gasteiger partial charge in [0.15, 0.2) is 0 Å². The fourth-order valence-electron chi connectivity index (χ4n) is 1.33. The third-order valence-corrected chi connectivity index (χ3v) is 2.00. The van der Waals surface area contributed by atoms with Gasteiger partial charge in [-0.05, 0) is 13.0 Å². The first kappa shape index (κ1) is 9.45. The van der Waals surface area contributed by atoms with Gasteiger partial charge >= 0.3 is 0 Å². The van der Waals surface area contributed by atoms with E-state index >= 15 is 0 Å². The summed E-state index contributed by atoms with van der Waals surface area (Å²) in [6.07, 6.45) is 3.26. The van der Waals surface area contributed by atoms with E-state index in [1.807, 2.05) is 0 Å². The van der Waals surface area contributed by atoms with Crippen LogP contribution in [0.2, 0.25) is 0 Å². The van der Waals surface area contributed by atoms with Gasteiger partial charge in [-0.25, -0.2) is 0 Å². The Morgan fingerprint density at radius 2 is 2.20 bits per heavy atom. The summed E-state index contributed by atoms with van der Waals surface area (Å²) in [5.74, 6) is 0. The molecule has 78 valence electrons. The fraction of sp³-hybridized carbons (Fsp3) is 0.222. The number of nitrogens with zero attached hydrogens (tertiary/aromatic N) is 4. The third kappa shape index (κ3) is 1.61. The zero-order valence-electron chi connectivity index (χ0n) is 8.51. The van der Waals surface area contributed by atoms with Crippen LogP contribution in [0.4, 0.5) is 5.69 Å². The van der Waals surface area contributed by atoms with Crippen molar-refractivity contribution in [2.75, 3.05) is 5.73 Å². The summed E-state index contributed by atoms with van der Waals surface area (Å²) in [7, 11) is 1.77. The minimum absolute atomic E-state index is 0.186. The molecule has 0 bridgehead atoms. The molecule has 2 aromatic heterocycles. The molecular formula is C9H11N5O. The zero-order chi connectivity index (χ0) is 11.0. The van der Waals surface area contributed by atoms with Crippen molar-refractivity contribution in [1.82, 2.24) is 19.6 Å². The van der Waals surface area contributed by atoms with Gasteiger partial charge in [0.2, 0.25) is 0 Å². The molecule has 2 aromatic rings. The lowest BCUT2D eigenvalue weighted by molar-refractivity contribution is 0.761. The second-order valence-corrected chi connectivity index (χ2v) is 3.33. The molecule has 0 unspecified atom stereocenters. The van der Waals surface area contributed by atoms with Crippen LogP contribution in [0.5, 0.6) is 0 Å². The minimum atomic E-state index is -0.325. The predicted molar refractivity (Wildman–Crippen MR) is 55.7 cm³/mol. The summed E-state index contributed by atoms with van der Waals surface area (Å²) in [6, 6.07) is 1.55. The third-order valence-electron chi connectivity index (χ3n) is 2.00. The highest BCUT2D eigenvalue weighted by molar-refractivity contribution is 5.38. The van der Waals surface area contributed by atoms with Crippen LogP contribution in [0.3, 0.4) is 0 Å². The molecule has 0 saturated heterocycles. The van der Waals surface area contributed by atoms with Gasteiger partial charge in [0, 0.05) is 7.05 Å². The fourth-order valence-corrected chi connectivity index (χ4v) is 1.33. The van der Waals surface area contributed by atoms with E-state index in [9.17, 15) is 4.79 Å². The highest BCUT2D eigenvalue weighted by atomic mass is 16.1. The summed E-state index contributed by atoms with van der Waals surface area (Å²) in [6.45, 7) is 1.78. The zero-order valence-corrected chi connectivity index (χ0v) is 8.51. The topological polar surface area (TPSA) is 78.7 Å². The Bertz CT molecular complexity index is 554. The Balaban J connectivity index is 2.67. The maximum atomic E-state index is 11.7. The summed E-state index contributed by atoms with van der Waals surface area (Å²) in [5.41, 5.74) is 6.73. The van der Waals surface area contributed by atoms with E-state index < -0.39 is 0 Å². The molecule has 0 aliphatic carbocycles. The second kappa shape index (κ2) is 3.23. The molecule has 0 aliphatic rings. The summed E-state index contributed by atoms with van der Waals surface area (Å²) in [4.78, 5) is 11.7. The average Bonchev–Trinajstić information content (AvgIpc) is 2.58. The number of hydrogen-bond donors (Lipinski definition) is 1. The Kier molecular flexibility index (Phi) is 2.03. The first-order valence-electron chi connectivity index (χ1n) is 4.43. The van der Waals surface area contributed by atoms with Crippen molar-refractivity contribution in [3.63, 3.8) is 0 Å². The van der Waals surface area contributed by atoms with Gasteiger partial charge in [0.25, 0.3) is 5.56 Å². The number of aromatic nitrogens is 4. The van der Waals surface area contributed by atoms with Gasteiger partial charge in [-0.2, -0.15) is 14.9 Å². The lowest BCUT2D eigenvalue weighted by atomic mass is 10.4. The van der Waals surface area contributed by atoms with Crippen molar-refractivity contribution < 1.29 is 0 Å². The molecule has 0 fully saturated rings. The number of rotatable bonds is 1. The van der Waals surface area contributed by atoms with E-state index in [0.29, 0.717) is 11.4 Å². The molecular weight excluding hydrogens is 194 g/mol. The number of aryl methyl sites for hydroxylation is 2. The normalized spacial score (nSPS) is 10.5. The molecule has 0 aliphatic heterocycles. The SMILES string of the molecule is Cc1cc(N)c(=O)n(-c2cnn(C)c2)n1. The standard InChI is InChI=1S/C9H11N5O/c1-6-3-8(10)9(15)14(12-6)7-4-11-13(2)5-7/h3-5H,10H2,1-2H3. The van der Waals surface area contributed by atoms with E-state index in [2.05, 4.69) is 10.2 Å². The molecule has 15 heavy (non-hydrogen) atoms. The monoisotopic (exact) mass is 205 g/mol. The minimum Gasteiger partial charge on any atom is -0.394 e. The predicted octanol–water partition coefficient (Wildman–Crippen LogP) is -0.143. The van der Waals surface area contributed by atoms with Crippen molar-refractivity contribution >= 4 is 5.69 Å². The molecule has 0 atom stereocenters. The first-order chi connectivity index (χ1) is 7.08. The molecule has 2 N–H and O–H groups in total. The molecule has 0 amide bonds. The number of nitrogen functional groups attached to an aromatic ring is 1.